The fourth-order valence-corrected chi connectivity index (χ4v) is 3.56. The predicted molar refractivity (Wildman–Crippen MR) is 77.5 cm³/mol. The molecule has 0 aromatic heterocycles. The third-order valence-corrected chi connectivity index (χ3v) is 5.30. The van der Waals surface area contributed by atoms with Gasteiger partial charge < -0.3 is 5.11 Å². The molecular weight excluding hydrogens is 331 g/mol. The van der Waals surface area contributed by atoms with Crippen LogP contribution in [-0.4, -0.2) is 31.5 Å². The fraction of sp³-hybridized carbons (Fsp3) is 0.200. The van der Waals surface area contributed by atoms with Crippen LogP contribution in [0.25, 0.3) is 0 Å². The molecular formula is C15H14F3NO3S. The van der Waals surface area contributed by atoms with E-state index in [0.717, 1.165) is 31.3 Å². The lowest BCUT2D eigenvalue weighted by Crippen LogP contribution is -2.34. The molecule has 0 saturated carbocycles. The van der Waals surface area contributed by atoms with E-state index in [1.165, 1.54) is 18.2 Å². The Bertz CT molecular complexity index is 811. The third-order valence-electron chi connectivity index (χ3n) is 3.42. The van der Waals surface area contributed by atoms with E-state index in [2.05, 4.69) is 0 Å². The topological polar surface area (TPSA) is 57.6 Å². The monoisotopic (exact) mass is 345 g/mol. The van der Waals surface area contributed by atoms with Crippen LogP contribution in [0, 0.1) is 17.5 Å². The Morgan fingerprint density at radius 1 is 1.13 bits per heavy atom. The van der Waals surface area contributed by atoms with Gasteiger partial charge in [-0.05, 0) is 29.8 Å². The molecule has 0 amide bonds. The number of hydrogen-bond donors (Lipinski definition) is 1. The maximum absolute atomic E-state index is 13.8. The lowest BCUT2D eigenvalue weighted by molar-refractivity contribution is 0.203. The van der Waals surface area contributed by atoms with Gasteiger partial charge in [0.1, 0.15) is 10.7 Å². The standard InChI is InChI=1S/C15H14F3NO3S/c1-19(13(9-20)10-4-2-5-11(16)8-10)23(21,22)14-7-3-6-12(17)15(14)18/h2-8,13,20H,9H2,1H3/t13-/m1/s1. The van der Waals surface area contributed by atoms with Crippen LogP contribution in [0.4, 0.5) is 13.2 Å². The van der Waals surface area contributed by atoms with Crippen molar-refractivity contribution in [2.24, 2.45) is 0 Å². The zero-order valence-electron chi connectivity index (χ0n) is 12.1. The number of aliphatic hydroxyl groups excluding tert-OH is 1. The quantitative estimate of drug-likeness (QED) is 0.906. The second-order valence-corrected chi connectivity index (χ2v) is 6.79. The van der Waals surface area contributed by atoms with Crippen molar-refractivity contribution in [3.63, 3.8) is 0 Å². The first kappa shape index (κ1) is 17.5. The minimum atomic E-state index is -4.43. The molecule has 0 aliphatic rings. The summed E-state index contributed by atoms with van der Waals surface area (Å²) in [4.78, 5) is -0.852. The van der Waals surface area contributed by atoms with E-state index < -0.39 is 45.0 Å². The molecule has 23 heavy (non-hydrogen) atoms. The van der Waals surface area contributed by atoms with Gasteiger partial charge in [-0.15, -0.1) is 0 Å². The number of benzene rings is 2. The molecule has 2 aromatic rings. The Morgan fingerprint density at radius 2 is 1.78 bits per heavy atom. The van der Waals surface area contributed by atoms with Gasteiger partial charge in [0.15, 0.2) is 11.6 Å². The van der Waals surface area contributed by atoms with Gasteiger partial charge in [0, 0.05) is 7.05 Å². The molecule has 4 nitrogen and oxygen atoms in total. The summed E-state index contributed by atoms with van der Waals surface area (Å²) in [5.74, 6) is -3.41. The summed E-state index contributed by atoms with van der Waals surface area (Å²) in [5.41, 5.74) is 0.190. The number of rotatable bonds is 5. The normalized spacial score (nSPS) is 13.3. The summed E-state index contributed by atoms with van der Waals surface area (Å²) in [7, 11) is -3.33. The number of aliphatic hydroxyl groups is 1. The van der Waals surface area contributed by atoms with Crippen LogP contribution in [0.3, 0.4) is 0 Å². The predicted octanol–water partition coefficient (Wildman–Crippen LogP) is 2.46. The first-order valence-corrected chi connectivity index (χ1v) is 8.01. The van der Waals surface area contributed by atoms with Crippen molar-refractivity contribution in [3.8, 4) is 0 Å². The maximum Gasteiger partial charge on any atom is 0.246 e. The van der Waals surface area contributed by atoms with E-state index in [1.807, 2.05) is 0 Å². The number of sulfonamides is 1. The van der Waals surface area contributed by atoms with E-state index in [1.54, 1.807) is 0 Å². The summed E-state index contributed by atoms with van der Waals surface area (Å²) in [6.45, 7) is -0.657. The molecule has 2 aromatic carbocycles. The van der Waals surface area contributed by atoms with E-state index in [0.29, 0.717) is 4.31 Å². The smallest absolute Gasteiger partial charge is 0.246 e. The van der Waals surface area contributed by atoms with Crippen molar-refractivity contribution in [1.82, 2.24) is 4.31 Å². The van der Waals surface area contributed by atoms with Crippen LogP contribution in [0.15, 0.2) is 47.4 Å². The Labute approximate surface area is 131 Å². The number of nitrogens with zero attached hydrogens (tertiary/aromatic N) is 1. The molecule has 0 aliphatic heterocycles. The molecule has 0 aliphatic carbocycles. The van der Waals surface area contributed by atoms with Crippen molar-refractivity contribution in [2.75, 3.05) is 13.7 Å². The molecule has 124 valence electrons. The van der Waals surface area contributed by atoms with Crippen molar-refractivity contribution in [2.45, 2.75) is 10.9 Å². The van der Waals surface area contributed by atoms with Gasteiger partial charge in [0.2, 0.25) is 10.0 Å². The molecule has 1 N–H and O–H groups in total. The lowest BCUT2D eigenvalue weighted by Gasteiger charge is -2.26. The zero-order valence-corrected chi connectivity index (χ0v) is 12.9. The molecule has 1 atom stereocenters. The molecule has 0 unspecified atom stereocenters. The number of hydrogen-bond acceptors (Lipinski definition) is 3. The van der Waals surface area contributed by atoms with Gasteiger partial charge in [-0.2, -0.15) is 4.31 Å². The fourth-order valence-electron chi connectivity index (χ4n) is 2.15. The first-order valence-electron chi connectivity index (χ1n) is 6.57. The Kier molecular flexibility index (Phi) is 5.08. The highest BCUT2D eigenvalue weighted by Gasteiger charge is 2.32. The zero-order chi connectivity index (χ0) is 17.2. The van der Waals surface area contributed by atoms with Crippen LogP contribution in [0.5, 0.6) is 0 Å². The van der Waals surface area contributed by atoms with Gasteiger partial charge >= 0.3 is 0 Å². The second-order valence-electron chi connectivity index (χ2n) is 4.83. The molecule has 0 heterocycles. The van der Waals surface area contributed by atoms with E-state index in [4.69, 9.17) is 0 Å². The summed E-state index contributed by atoms with van der Waals surface area (Å²) in [6.07, 6.45) is 0. The van der Waals surface area contributed by atoms with E-state index >= 15 is 0 Å². The summed E-state index contributed by atoms with van der Waals surface area (Å²) in [6, 6.07) is 6.66. The highest BCUT2D eigenvalue weighted by atomic mass is 32.2. The molecule has 0 spiro atoms. The van der Waals surface area contributed by atoms with Crippen LogP contribution in [-0.2, 0) is 10.0 Å². The van der Waals surface area contributed by atoms with Crippen LogP contribution in [0.1, 0.15) is 11.6 Å². The van der Waals surface area contributed by atoms with Crippen molar-refractivity contribution < 1.29 is 26.7 Å². The summed E-state index contributed by atoms with van der Waals surface area (Å²) in [5, 5.41) is 9.48. The molecule has 2 rings (SSSR count). The summed E-state index contributed by atoms with van der Waals surface area (Å²) >= 11 is 0. The van der Waals surface area contributed by atoms with Gasteiger partial charge in [-0.25, -0.2) is 21.6 Å². The lowest BCUT2D eigenvalue weighted by atomic mass is 10.1. The SMILES string of the molecule is CN([C@H](CO)c1cccc(F)c1)S(=O)(=O)c1cccc(F)c1F. The molecule has 0 fully saturated rings. The van der Waals surface area contributed by atoms with E-state index in [9.17, 15) is 26.7 Å². The van der Waals surface area contributed by atoms with E-state index in [-0.39, 0.29) is 5.56 Å². The highest BCUT2D eigenvalue weighted by Crippen LogP contribution is 2.28. The van der Waals surface area contributed by atoms with Crippen molar-refractivity contribution in [3.05, 3.63) is 65.5 Å². The van der Waals surface area contributed by atoms with Crippen LogP contribution >= 0.6 is 0 Å². The van der Waals surface area contributed by atoms with Crippen molar-refractivity contribution >= 4 is 10.0 Å². The molecule has 0 saturated heterocycles. The molecule has 8 heteroatoms. The van der Waals surface area contributed by atoms with Gasteiger partial charge in [0.05, 0.1) is 12.6 Å². The average Bonchev–Trinajstić information content (AvgIpc) is 2.50. The maximum atomic E-state index is 13.8. The van der Waals surface area contributed by atoms with Gasteiger partial charge in [-0.3, -0.25) is 0 Å². The Hall–Kier alpha value is -1.90. The Balaban J connectivity index is 2.48. The minimum Gasteiger partial charge on any atom is -0.394 e. The second kappa shape index (κ2) is 6.69. The number of likely N-dealkylation sites (N-methyl/N-ethyl adjacent to an activating group) is 1. The molecule has 0 radical (unpaired) electrons. The highest BCUT2D eigenvalue weighted by molar-refractivity contribution is 7.89. The largest absolute Gasteiger partial charge is 0.394 e. The van der Waals surface area contributed by atoms with Crippen molar-refractivity contribution in [1.29, 1.82) is 0 Å². The van der Waals surface area contributed by atoms with Gasteiger partial charge in [-0.1, -0.05) is 18.2 Å². The third kappa shape index (κ3) is 3.39. The van der Waals surface area contributed by atoms with Crippen LogP contribution < -0.4 is 0 Å². The van der Waals surface area contributed by atoms with Gasteiger partial charge in [0.25, 0.3) is 0 Å². The average molecular weight is 345 g/mol. The number of halogens is 3. The minimum absolute atomic E-state index is 0.190. The Morgan fingerprint density at radius 3 is 2.39 bits per heavy atom. The van der Waals surface area contributed by atoms with Crippen LogP contribution in [0.2, 0.25) is 0 Å². The summed E-state index contributed by atoms with van der Waals surface area (Å²) < 4.78 is 66.0. The first-order chi connectivity index (χ1) is 10.8. The molecule has 0 bridgehead atoms.